The largest absolute Gasteiger partial charge is 0.364 e. The number of H-pyrrole nitrogens is 1. The second-order valence-electron chi connectivity index (χ2n) is 6.61. The minimum Gasteiger partial charge on any atom is -0.364 e. The summed E-state index contributed by atoms with van der Waals surface area (Å²) in [5, 5.41) is 1.30. The first-order valence-corrected chi connectivity index (χ1v) is 10.1. The van der Waals surface area contributed by atoms with Gasteiger partial charge in [-0.2, -0.15) is 0 Å². The van der Waals surface area contributed by atoms with Gasteiger partial charge in [0.2, 0.25) is 0 Å². The minimum atomic E-state index is -0.410. The van der Waals surface area contributed by atoms with Crippen molar-refractivity contribution in [2.24, 2.45) is 0 Å². The molecular weight excluding hydrogens is 398 g/mol. The zero-order valence-electron chi connectivity index (χ0n) is 14.0. The molecule has 0 spiro atoms. The number of halogens is 2. The van der Waals surface area contributed by atoms with E-state index in [1.807, 2.05) is 0 Å². The Bertz CT molecular complexity index is 876. The third-order valence-corrected chi connectivity index (χ3v) is 5.89. The van der Waals surface area contributed by atoms with Gasteiger partial charge in [-0.25, -0.2) is 0 Å². The lowest BCUT2D eigenvalue weighted by atomic mass is 9.81. The molecule has 0 saturated carbocycles. The highest BCUT2D eigenvalue weighted by atomic mass is 79.9. The monoisotopic (exact) mass is 417 g/mol. The van der Waals surface area contributed by atoms with E-state index in [0.29, 0.717) is 5.88 Å². The highest BCUT2D eigenvalue weighted by molar-refractivity contribution is 9.10. The summed E-state index contributed by atoms with van der Waals surface area (Å²) in [4.78, 5) is 3.68. The Labute approximate surface area is 161 Å². The molecule has 0 aliphatic carbocycles. The average Bonchev–Trinajstić information content (AvgIpc) is 3.02. The number of hydrogen-bond acceptors (Lipinski definition) is 1. The van der Waals surface area contributed by atoms with Crippen LogP contribution in [0.3, 0.4) is 0 Å². The number of alkyl halides is 1. The molecule has 0 unspecified atom stereocenters. The van der Waals surface area contributed by atoms with Crippen LogP contribution in [-0.4, -0.2) is 17.5 Å². The Morgan fingerprint density at radius 1 is 1.12 bits per heavy atom. The lowest BCUT2D eigenvalue weighted by Crippen LogP contribution is -2.37. The zero-order chi connectivity index (χ0) is 17.3. The summed E-state index contributed by atoms with van der Waals surface area (Å²) in [6, 6.07) is 17.0. The molecule has 0 radical (unpaired) electrons. The Balaban J connectivity index is 1.90. The lowest BCUT2D eigenvalue weighted by Gasteiger charge is -2.38. The third kappa shape index (κ3) is 3.03. The maximum absolute atomic E-state index is 6.50. The van der Waals surface area contributed by atoms with Gasteiger partial charge in [0.15, 0.2) is 0 Å². The summed E-state index contributed by atoms with van der Waals surface area (Å²) in [5.74, 6) is 0.692. The first-order chi connectivity index (χ1) is 12.2. The summed E-state index contributed by atoms with van der Waals surface area (Å²) in [6.07, 6.45) is 3.91. The number of aromatic amines is 1. The van der Waals surface area contributed by atoms with Gasteiger partial charge in [-0.1, -0.05) is 46.3 Å². The molecule has 1 N–H and O–H groups in total. The van der Waals surface area contributed by atoms with Crippen molar-refractivity contribution < 1.29 is 4.74 Å². The zero-order valence-corrected chi connectivity index (χ0v) is 16.4. The second-order valence-corrected chi connectivity index (χ2v) is 7.90. The maximum atomic E-state index is 6.50. The highest BCUT2D eigenvalue weighted by Gasteiger charge is 2.41. The van der Waals surface area contributed by atoms with Crippen LogP contribution in [0, 0.1) is 0 Å². The first kappa shape index (κ1) is 17.1. The van der Waals surface area contributed by atoms with Crippen molar-refractivity contribution in [3.05, 3.63) is 69.8 Å². The minimum absolute atomic E-state index is 0.410. The highest BCUT2D eigenvalue weighted by Crippen LogP contribution is 2.45. The molecule has 2 nitrogen and oxygen atoms in total. The van der Waals surface area contributed by atoms with Crippen LogP contribution in [0.25, 0.3) is 10.9 Å². The number of benzene rings is 2. The Hall–Kier alpha value is -1.29. The standard InChI is InChI=1S/C21H21BrClNO/c22-16-8-9-19-18(14-16)17-10-13-25-21(20(17)24-19,11-4-5-12-23)15-6-2-1-3-7-15/h1-3,6-9,14,24H,4-5,10-13H2/t21-/m1/s1. The van der Waals surface area contributed by atoms with Gasteiger partial charge in [0, 0.05) is 21.3 Å². The fraction of sp³-hybridized carbons (Fsp3) is 0.333. The summed E-state index contributed by atoms with van der Waals surface area (Å²) >= 11 is 9.55. The van der Waals surface area contributed by atoms with Crippen molar-refractivity contribution in [2.45, 2.75) is 31.3 Å². The van der Waals surface area contributed by atoms with E-state index in [9.17, 15) is 0 Å². The van der Waals surface area contributed by atoms with Crippen molar-refractivity contribution in [2.75, 3.05) is 12.5 Å². The number of aromatic nitrogens is 1. The van der Waals surface area contributed by atoms with Gasteiger partial charge < -0.3 is 9.72 Å². The third-order valence-electron chi connectivity index (χ3n) is 5.13. The van der Waals surface area contributed by atoms with Gasteiger partial charge in [0.1, 0.15) is 5.60 Å². The fourth-order valence-corrected chi connectivity index (χ4v) is 4.52. The van der Waals surface area contributed by atoms with Gasteiger partial charge >= 0.3 is 0 Å². The fourth-order valence-electron chi connectivity index (χ4n) is 3.97. The molecule has 25 heavy (non-hydrogen) atoms. The van der Waals surface area contributed by atoms with Gasteiger partial charge in [-0.05, 0) is 55.0 Å². The van der Waals surface area contributed by atoms with Crippen LogP contribution in [0.15, 0.2) is 53.0 Å². The summed E-state index contributed by atoms with van der Waals surface area (Å²) in [7, 11) is 0. The Morgan fingerprint density at radius 2 is 1.96 bits per heavy atom. The normalized spacial score (nSPS) is 19.9. The molecule has 0 saturated heterocycles. The van der Waals surface area contributed by atoms with Crippen LogP contribution < -0.4 is 0 Å². The van der Waals surface area contributed by atoms with E-state index < -0.39 is 5.60 Å². The number of rotatable bonds is 5. The molecule has 1 atom stereocenters. The van der Waals surface area contributed by atoms with E-state index in [2.05, 4.69) is 69.4 Å². The van der Waals surface area contributed by atoms with E-state index >= 15 is 0 Å². The molecule has 2 heterocycles. The number of unbranched alkanes of at least 4 members (excludes halogenated alkanes) is 1. The summed E-state index contributed by atoms with van der Waals surface area (Å²) in [6.45, 7) is 0.738. The topological polar surface area (TPSA) is 25.0 Å². The van der Waals surface area contributed by atoms with E-state index in [4.69, 9.17) is 16.3 Å². The molecule has 1 aromatic heterocycles. The van der Waals surface area contributed by atoms with Gasteiger partial charge in [0.25, 0.3) is 0 Å². The number of nitrogens with one attached hydrogen (secondary N) is 1. The number of ether oxygens (including phenoxy) is 1. The molecule has 0 fully saturated rings. The van der Waals surface area contributed by atoms with Crippen LogP contribution >= 0.6 is 27.5 Å². The van der Waals surface area contributed by atoms with Crippen molar-refractivity contribution in [1.82, 2.24) is 4.98 Å². The smallest absolute Gasteiger partial charge is 0.133 e. The van der Waals surface area contributed by atoms with Crippen molar-refractivity contribution in [3.63, 3.8) is 0 Å². The van der Waals surface area contributed by atoms with Crippen LogP contribution in [0.4, 0.5) is 0 Å². The number of hydrogen-bond donors (Lipinski definition) is 1. The van der Waals surface area contributed by atoms with E-state index in [1.165, 1.54) is 27.7 Å². The molecule has 0 bridgehead atoms. The number of fused-ring (bicyclic) bond motifs is 3. The van der Waals surface area contributed by atoms with E-state index in [0.717, 1.165) is 36.8 Å². The van der Waals surface area contributed by atoms with Crippen LogP contribution in [0.2, 0.25) is 0 Å². The molecule has 1 aliphatic rings. The lowest BCUT2D eigenvalue weighted by molar-refractivity contribution is -0.0384. The quantitative estimate of drug-likeness (QED) is 0.390. The molecule has 0 amide bonds. The Morgan fingerprint density at radius 3 is 2.76 bits per heavy atom. The van der Waals surface area contributed by atoms with Crippen LogP contribution in [0.5, 0.6) is 0 Å². The predicted molar refractivity (Wildman–Crippen MR) is 107 cm³/mol. The Kier molecular flexibility index (Phi) is 4.90. The van der Waals surface area contributed by atoms with E-state index in [-0.39, 0.29) is 0 Å². The van der Waals surface area contributed by atoms with Gasteiger partial charge in [-0.3, -0.25) is 0 Å². The molecule has 4 heteroatoms. The molecule has 3 aromatic rings. The predicted octanol–water partition coefficient (Wildman–Crippen LogP) is 6.16. The maximum Gasteiger partial charge on any atom is 0.133 e. The average molecular weight is 419 g/mol. The summed E-state index contributed by atoms with van der Waals surface area (Å²) < 4.78 is 7.61. The SMILES string of the molecule is ClCCCC[C@]1(c2ccccc2)OCCc2c1[nH]c1ccc(Br)cc21. The summed E-state index contributed by atoms with van der Waals surface area (Å²) in [5.41, 5.74) is 4.59. The van der Waals surface area contributed by atoms with Crippen LogP contribution in [0.1, 0.15) is 36.1 Å². The van der Waals surface area contributed by atoms with Crippen LogP contribution in [-0.2, 0) is 16.8 Å². The molecule has 2 aromatic carbocycles. The van der Waals surface area contributed by atoms with Gasteiger partial charge in [-0.15, -0.1) is 11.6 Å². The van der Waals surface area contributed by atoms with Crippen molar-refractivity contribution >= 4 is 38.4 Å². The second kappa shape index (κ2) is 7.14. The molecular formula is C21H21BrClNO. The first-order valence-electron chi connectivity index (χ1n) is 8.80. The van der Waals surface area contributed by atoms with Gasteiger partial charge in [0.05, 0.1) is 12.3 Å². The molecule has 130 valence electrons. The molecule has 1 aliphatic heterocycles. The van der Waals surface area contributed by atoms with E-state index in [1.54, 1.807) is 0 Å². The van der Waals surface area contributed by atoms with Crippen molar-refractivity contribution in [1.29, 1.82) is 0 Å². The molecule has 4 rings (SSSR count). The van der Waals surface area contributed by atoms with Crippen molar-refractivity contribution in [3.8, 4) is 0 Å².